The van der Waals surface area contributed by atoms with Gasteiger partial charge in [0.15, 0.2) is 0 Å². The van der Waals surface area contributed by atoms with Gasteiger partial charge in [-0.05, 0) is 33.1 Å². The summed E-state index contributed by atoms with van der Waals surface area (Å²) in [6.45, 7) is 1.19. The van der Waals surface area contributed by atoms with Crippen molar-refractivity contribution in [3.8, 4) is 0 Å². The van der Waals surface area contributed by atoms with Gasteiger partial charge in [0.1, 0.15) is 0 Å². The number of carbonyl (C=O) groups excluding carboxylic acids is 2. The molecule has 0 aliphatic heterocycles. The van der Waals surface area contributed by atoms with Gasteiger partial charge in [0.25, 0.3) is 5.69 Å². The average molecular weight is 294 g/mol. The fourth-order valence-electron chi connectivity index (χ4n) is 1.56. The molecule has 0 heterocycles. The molecule has 1 aromatic carbocycles. The van der Waals surface area contributed by atoms with E-state index < -0.39 is 16.7 Å². The zero-order chi connectivity index (χ0) is 15.8. The zero-order valence-corrected chi connectivity index (χ0v) is 12.0. The molecule has 0 unspecified atom stereocenters. The first-order valence-electron chi connectivity index (χ1n) is 6.38. The number of hydrogen-bond acceptors (Lipinski definition) is 5. The van der Waals surface area contributed by atoms with Crippen LogP contribution >= 0.6 is 0 Å². The van der Waals surface area contributed by atoms with Gasteiger partial charge in [0.2, 0.25) is 0 Å². The van der Waals surface area contributed by atoms with Crippen LogP contribution < -0.4 is 10.6 Å². The van der Waals surface area contributed by atoms with E-state index >= 15 is 0 Å². The second kappa shape index (κ2) is 7.95. The molecule has 0 saturated heterocycles. The van der Waals surface area contributed by atoms with Gasteiger partial charge in [-0.15, -0.1) is 0 Å². The van der Waals surface area contributed by atoms with Crippen molar-refractivity contribution < 1.29 is 14.5 Å². The molecule has 8 nitrogen and oxygen atoms in total. The maximum atomic E-state index is 11.6. The van der Waals surface area contributed by atoms with Crippen molar-refractivity contribution in [1.29, 1.82) is 0 Å². The molecule has 0 spiro atoms. The van der Waals surface area contributed by atoms with Crippen molar-refractivity contribution in [3.63, 3.8) is 0 Å². The molecular formula is C13H18N4O4. The minimum absolute atomic E-state index is 0.154. The minimum Gasteiger partial charge on any atom is -0.348 e. The third kappa shape index (κ3) is 6.00. The van der Waals surface area contributed by atoms with Crippen molar-refractivity contribution in [3.05, 3.63) is 34.4 Å². The predicted molar refractivity (Wildman–Crippen MR) is 77.9 cm³/mol. The van der Waals surface area contributed by atoms with E-state index in [1.807, 2.05) is 19.0 Å². The Bertz CT molecular complexity index is 531. The summed E-state index contributed by atoms with van der Waals surface area (Å²) < 4.78 is 0. The summed E-state index contributed by atoms with van der Waals surface area (Å²) in [6.07, 6.45) is 0.725. The van der Waals surface area contributed by atoms with E-state index in [9.17, 15) is 19.7 Å². The molecule has 2 N–H and O–H groups in total. The monoisotopic (exact) mass is 294 g/mol. The summed E-state index contributed by atoms with van der Waals surface area (Å²) in [4.78, 5) is 35.2. The topological polar surface area (TPSA) is 105 Å². The Kier molecular flexibility index (Phi) is 6.28. The van der Waals surface area contributed by atoms with Gasteiger partial charge in [-0.1, -0.05) is 6.07 Å². The van der Waals surface area contributed by atoms with E-state index in [4.69, 9.17) is 0 Å². The van der Waals surface area contributed by atoms with Crippen LogP contribution in [0.15, 0.2) is 24.3 Å². The molecule has 2 amide bonds. The number of non-ortho nitro benzene ring substituents is 1. The summed E-state index contributed by atoms with van der Waals surface area (Å²) in [7, 11) is 3.83. The Labute approximate surface area is 122 Å². The molecule has 0 aromatic heterocycles. The smallest absolute Gasteiger partial charge is 0.313 e. The van der Waals surface area contributed by atoms with Gasteiger partial charge >= 0.3 is 11.8 Å². The van der Waals surface area contributed by atoms with Crippen LogP contribution in [-0.4, -0.2) is 48.8 Å². The first-order chi connectivity index (χ1) is 9.90. The Hall–Kier alpha value is -2.48. The molecule has 0 fully saturated rings. The Morgan fingerprint density at radius 1 is 1.29 bits per heavy atom. The summed E-state index contributed by atoms with van der Waals surface area (Å²) in [5.41, 5.74) is 0.0526. The highest BCUT2D eigenvalue weighted by Gasteiger charge is 2.14. The van der Waals surface area contributed by atoms with E-state index in [0.717, 1.165) is 13.0 Å². The van der Waals surface area contributed by atoms with Crippen LogP contribution in [0.5, 0.6) is 0 Å². The molecule has 1 aromatic rings. The summed E-state index contributed by atoms with van der Waals surface area (Å²) in [5, 5.41) is 15.4. The number of nitrogens with zero attached hydrogens (tertiary/aromatic N) is 2. The molecule has 0 radical (unpaired) electrons. The SMILES string of the molecule is CN(C)CCCNC(=O)C(=O)Nc1cccc([N+](=O)[O-])c1. The lowest BCUT2D eigenvalue weighted by molar-refractivity contribution is -0.384. The summed E-state index contributed by atoms with van der Waals surface area (Å²) in [6, 6.07) is 5.40. The lowest BCUT2D eigenvalue weighted by Gasteiger charge is -2.10. The second-order valence-corrected chi connectivity index (χ2v) is 4.67. The molecule has 0 aliphatic rings. The van der Waals surface area contributed by atoms with Crippen LogP contribution in [0.4, 0.5) is 11.4 Å². The van der Waals surface area contributed by atoms with Gasteiger partial charge in [0, 0.05) is 24.4 Å². The van der Waals surface area contributed by atoms with Crippen LogP contribution in [0.3, 0.4) is 0 Å². The number of rotatable bonds is 6. The molecule has 0 aliphatic carbocycles. The fraction of sp³-hybridized carbons (Fsp3) is 0.385. The molecule has 114 valence electrons. The molecular weight excluding hydrogens is 276 g/mol. The fourth-order valence-corrected chi connectivity index (χ4v) is 1.56. The van der Waals surface area contributed by atoms with Crippen LogP contribution in [0, 0.1) is 10.1 Å². The number of nitrogens with one attached hydrogen (secondary N) is 2. The third-order valence-electron chi connectivity index (χ3n) is 2.59. The number of nitro benzene ring substituents is 1. The van der Waals surface area contributed by atoms with Crippen molar-refractivity contribution in [1.82, 2.24) is 10.2 Å². The number of benzene rings is 1. The van der Waals surface area contributed by atoms with Crippen LogP contribution in [0.2, 0.25) is 0 Å². The van der Waals surface area contributed by atoms with Crippen molar-refractivity contribution in [2.45, 2.75) is 6.42 Å². The molecule has 21 heavy (non-hydrogen) atoms. The Morgan fingerprint density at radius 2 is 2.00 bits per heavy atom. The maximum Gasteiger partial charge on any atom is 0.313 e. The first-order valence-corrected chi connectivity index (χ1v) is 6.38. The van der Waals surface area contributed by atoms with E-state index in [2.05, 4.69) is 10.6 Å². The molecule has 8 heteroatoms. The Morgan fingerprint density at radius 3 is 2.62 bits per heavy atom. The van der Waals surface area contributed by atoms with Crippen molar-refractivity contribution in [2.75, 3.05) is 32.5 Å². The van der Waals surface area contributed by atoms with Gasteiger partial charge in [-0.25, -0.2) is 0 Å². The number of amides is 2. The highest BCUT2D eigenvalue weighted by Crippen LogP contribution is 2.16. The van der Waals surface area contributed by atoms with E-state index in [1.54, 1.807) is 0 Å². The standard InChI is InChI=1S/C13H18N4O4/c1-16(2)8-4-7-14-12(18)13(19)15-10-5-3-6-11(9-10)17(20)21/h3,5-6,9H,4,7-8H2,1-2H3,(H,14,18)(H,15,19). The van der Waals surface area contributed by atoms with E-state index in [-0.39, 0.29) is 11.4 Å². The highest BCUT2D eigenvalue weighted by molar-refractivity contribution is 6.39. The Balaban J connectivity index is 2.47. The van der Waals surface area contributed by atoms with Crippen LogP contribution in [0.25, 0.3) is 0 Å². The van der Waals surface area contributed by atoms with Crippen molar-refractivity contribution in [2.24, 2.45) is 0 Å². The third-order valence-corrected chi connectivity index (χ3v) is 2.59. The number of nitro groups is 1. The van der Waals surface area contributed by atoms with E-state index in [1.165, 1.54) is 24.3 Å². The van der Waals surface area contributed by atoms with Crippen LogP contribution in [-0.2, 0) is 9.59 Å². The van der Waals surface area contributed by atoms with Gasteiger partial charge < -0.3 is 15.5 Å². The van der Waals surface area contributed by atoms with E-state index in [0.29, 0.717) is 6.54 Å². The molecule has 0 bridgehead atoms. The van der Waals surface area contributed by atoms with Gasteiger partial charge in [-0.3, -0.25) is 19.7 Å². The second-order valence-electron chi connectivity index (χ2n) is 4.67. The van der Waals surface area contributed by atoms with Gasteiger partial charge in [-0.2, -0.15) is 0 Å². The molecule has 1 rings (SSSR count). The van der Waals surface area contributed by atoms with Gasteiger partial charge in [0.05, 0.1) is 4.92 Å². The minimum atomic E-state index is -0.847. The lowest BCUT2D eigenvalue weighted by Crippen LogP contribution is -2.36. The number of carbonyl (C=O) groups is 2. The largest absolute Gasteiger partial charge is 0.348 e. The zero-order valence-electron chi connectivity index (χ0n) is 12.0. The normalized spacial score (nSPS) is 10.2. The number of hydrogen-bond donors (Lipinski definition) is 2. The summed E-state index contributed by atoms with van der Waals surface area (Å²) >= 11 is 0. The molecule has 0 atom stereocenters. The summed E-state index contributed by atoms with van der Waals surface area (Å²) in [5.74, 6) is -1.61. The lowest BCUT2D eigenvalue weighted by atomic mass is 10.3. The highest BCUT2D eigenvalue weighted by atomic mass is 16.6. The number of anilines is 1. The maximum absolute atomic E-state index is 11.6. The first kappa shape index (κ1) is 16.6. The van der Waals surface area contributed by atoms with Crippen molar-refractivity contribution >= 4 is 23.2 Å². The quantitative estimate of drug-likeness (QED) is 0.346. The average Bonchev–Trinajstić information content (AvgIpc) is 2.43. The predicted octanol–water partition coefficient (Wildman–Crippen LogP) is 0.601. The molecule has 0 saturated carbocycles. The van der Waals surface area contributed by atoms with Crippen LogP contribution in [0.1, 0.15) is 6.42 Å².